The van der Waals surface area contributed by atoms with Crippen LogP contribution in [0.2, 0.25) is 0 Å². The predicted octanol–water partition coefficient (Wildman–Crippen LogP) is 1.64. The van der Waals surface area contributed by atoms with E-state index in [1.54, 1.807) is 6.07 Å². The van der Waals surface area contributed by atoms with Gasteiger partial charge in [-0.2, -0.15) is 5.26 Å². The van der Waals surface area contributed by atoms with Crippen LogP contribution < -0.4 is 4.74 Å². The average Bonchev–Trinajstić information content (AvgIpc) is 2.15. The van der Waals surface area contributed by atoms with Gasteiger partial charge in [0.05, 0.1) is 4.92 Å². The van der Waals surface area contributed by atoms with Crippen LogP contribution >= 0.6 is 0 Å². The van der Waals surface area contributed by atoms with Crippen molar-refractivity contribution in [2.45, 2.75) is 0 Å². The molecular weight excluding hydrogens is 191 g/mol. The second-order valence-corrected chi connectivity index (χ2v) is 2.29. The largest absolute Gasteiger partial charge is 0.469 e. The van der Waals surface area contributed by atoms with Crippen molar-refractivity contribution < 1.29 is 14.1 Å². The fourth-order valence-corrected chi connectivity index (χ4v) is 0.889. The summed E-state index contributed by atoms with van der Waals surface area (Å²) in [5, 5.41) is 18.6. The van der Waals surface area contributed by atoms with E-state index in [0.29, 0.717) is 0 Å². The highest BCUT2D eigenvalue weighted by Crippen LogP contribution is 2.29. The standard InChI is InChI=1S/C8H5FN2O3/c9-6-2-1-3-7(11(12)13)8(6)14-5-4-10/h1-3H,5H2. The van der Waals surface area contributed by atoms with E-state index in [1.807, 2.05) is 0 Å². The Balaban J connectivity index is 3.10. The lowest BCUT2D eigenvalue weighted by Crippen LogP contribution is -2.00. The van der Waals surface area contributed by atoms with Gasteiger partial charge >= 0.3 is 5.69 Å². The number of nitriles is 1. The second kappa shape index (κ2) is 4.18. The van der Waals surface area contributed by atoms with Gasteiger partial charge in [0.2, 0.25) is 5.75 Å². The van der Waals surface area contributed by atoms with Crippen molar-refractivity contribution in [2.75, 3.05) is 6.61 Å². The number of nitrogens with zero attached hydrogens (tertiary/aromatic N) is 2. The third-order valence-electron chi connectivity index (χ3n) is 1.42. The summed E-state index contributed by atoms with van der Waals surface area (Å²) >= 11 is 0. The number of halogens is 1. The van der Waals surface area contributed by atoms with Gasteiger partial charge in [-0.3, -0.25) is 10.1 Å². The Kier molecular flexibility index (Phi) is 2.97. The Morgan fingerprint density at radius 2 is 2.36 bits per heavy atom. The minimum atomic E-state index is -0.852. The van der Waals surface area contributed by atoms with Crippen molar-refractivity contribution in [3.8, 4) is 11.8 Å². The predicted molar refractivity (Wildman–Crippen MR) is 44.2 cm³/mol. The minimum absolute atomic E-state index is 0.429. The van der Waals surface area contributed by atoms with Crippen LogP contribution in [0, 0.1) is 27.3 Å². The summed E-state index contributed by atoms with van der Waals surface area (Å²) in [7, 11) is 0. The molecule has 0 spiro atoms. The molecule has 0 radical (unpaired) electrons. The van der Waals surface area contributed by atoms with Crippen molar-refractivity contribution in [2.24, 2.45) is 0 Å². The van der Waals surface area contributed by atoms with Gasteiger partial charge in [-0.05, 0) is 6.07 Å². The average molecular weight is 196 g/mol. The molecule has 0 aromatic heterocycles. The van der Waals surface area contributed by atoms with Crippen molar-refractivity contribution in [1.29, 1.82) is 5.26 Å². The first-order chi connectivity index (χ1) is 6.66. The summed E-state index contributed by atoms with van der Waals surface area (Å²) < 4.78 is 17.6. The lowest BCUT2D eigenvalue weighted by Gasteiger charge is -2.02. The number of hydrogen-bond acceptors (Lipinski definition) is 4. The van der Waals surface area contributed by atoms with E-state index in [0.717, 1.165) is 12.1 Å². The monoisotopic (exact) mass is 196 g/mol. The van der Waals surface area contributed by atoms with Gasteiger partial charge < -0.3 is 4.74 Å². The topological polar surface area (TPSA) is 76.2 Å². The number of rotatable bonds is 3. The Morgan fingerprint density at radius 3 is 2.93 bits per heavy atom. The summed E-state index contributed by atoms with van der Waals surface area (Å²) in [6.45, 7) is -0.429. The summed E-state index contributed by atoms with van der Waals surface area (Å²) in [6.07, 6.45) is 0. The Hall–Kier alpha value is -2.16. The van der Waals surface area contributed by atoms with Crippen LogP contribution in [0.4, 0.5) is 10.1 Å². The van der Waals surface area contributed by atoms with Crippen molar-refractivity contribution in [3.63, 3.8) is 0 Å². The lowest BCUT2D eigenvalue weighted by molar-refractivity contribution is -0.386. The Labute approximate surface area is 78.5 Å². The third kappa shape index (κ3) is 1.95. The number of ether oxygens (including phenoxy) is 1. The van der Waals surface area contributed by atoms with E-state index in [9.17, 15) is 14.5 Å². The molecule has 0 unspecified atom stereocenters. The van der Waals surface area contributed by atoms with E-state index in [-0.39, 0.29) is 0 Å². The van der Waals surface area contributed by atoms with E-state index in [1.165, 1.54) is 6.07 Å². The second-order valence-electron chi connectivity index (χ2n) is 2.29. The fraction of sp³-hybridized carbons (Fsp3) is 0.125. The SMILES string of the molecule is N#CCOc1c(F)cccc1[N+](=O)[O-]. The quantitative estimate of drug-likeness (QED) is 0.543. The summed E-state index contributed by atoms with van der Waals surface area (Å²) in [5.74, 6) is -1.35. The molecule has 0 saturated carbocycles. The van der Waals surface area contributed by atoms with Gasteiger partial charge in [0.15, 0.2) is 12.4 Å². The van der Waals surface area contributed by atoms with E-state index in [4.69, 9.17) is 5.26 Å². The number of nitro benzene ring substituents is 1. The number of para-hydroxylation sites is 1. The summed E-state index contributed by atoms with van der Waals surface area (Å²) in [5.41, 5.74) is -0.486. The highest BCUT2D eigenvalue weighted by atomic mass is 19.1. The van der Waals surface area contributed by atoms with Crippen LogP contribution in [0.15, 0.2) is 18.2 Å². The number of nitro groups is 1. The molecule has 1 rings (SSSR count). The molecule has 6 heteroatoms. The third-order valence-corrected chi connectivity index (χ3v) is 1.42. The molecule has 0 N–H and O–H groups in total. The van der Waals surface area contributed by atoms with Crippen LogP contribution in [0.5, 0.6) is 5.75 Å². The summed E-state index contributed by atoms with van der Waals surface area (Å²) in [4.78, 5) is 9.65. The van der Waals surface area contributed by atoms with Gasteiger partial charge in [0.1, 0.15) is 6.07 Å². The Bertz CT molecular complexity index is 400. The van der Waals surface area contributed by atoms with E-state index >= 15 is 0 Å². The van der Waals surface area contributed by atoms with E-state index < -0.39 is 28.8 Å². The van der Waals surface area contributed by atoms with Crippen LogP contribution in [-0.4, -0.2) is 11.5 Å². The zero-order chi connectivity index (χ0) is 10.6. The number of hydrogen-bond donors (Lipinski definition) is 0. The van der Waals surface area contributed by atoms with Crippen molar-refractivity contribution in [1.82, 2.24) is 0 Å². The fourth-order valence-electron chi connectivity index (χ4n) is 0.889. The lowest BCUT2D eigenvalue weighted by atomic mass is 10.3. The molecule has 1 aromatic rings. The first kappa shape index (κ1) is 9.92. The normalized spacial score (nSPS) is 9.14. The van der Waals surface area contributed by atoms with Crippen LogP contribution in [0.1, 0.15) is 0 Å². The highest BCUT2D eigenvalue weighted by Gasteiger charge is 2.18. The zero-order valence-corrected chi connectivity index (χ0v) is 6.94. The molecule has 0 aliphatic carbocycles. The highest BCUT2D eigenvalue weighted by molar-refractivity contribution is 5.46. The maximum atomic E-state index is 13.0. The molecule has 0 aliphatic rings. The summed E-state index contributed by atoms with van der Waals surface area (Å²) in [6, 6.07) is 4.93. The first-order valence-corrected chi connectivity index (χ1v) is 3.59. The molecule has 0 amide bonds. The van der Waals surface area contributed by atoms with Crippen molar-refractivity contribution in [3.05, 3.63) is 34.1 Å². The minimum Gasteiger partial charge on any atom is -0.469 e. The molecule has 0 fully saturated rings. The van der Waals surface area contributed by atoms with Gasteiger partial charge in [-0.25, -0.2) is 4.39 Å². The molecule has 1 aromatic carbocycles. The maximum Gasteiger partial charge on any atom is 0.314 e. The number of benzene rings is 1. The molecule has 14 heavy (non-hydrogen) atoms. The van der Waals surface area contributed by atoms with Gasteiger partial charge in [-0.15, -0.1) is 0 Å². The molecule has 0 heterocycles. The first-order valence-electron chi connectivity index (χ1n) is 3.59. The maximum absolute atomic E-state index is 13.0. The zero-order valence-electron chi connectivity index (χ0n) is 6.94. The smallest absolute Gasteiger partial charge is 0.314 e. The van der Waals surface area contributed by atoms with Gasteiger partial charge in [0.25, 0.3) is 0 Å². The molecule has 0 atom stereocenters. The molecule has 5 nitrogen and oxygen atoms in total. The van der Waals surface area contributed by atoms with Gasteiger partial charge in [-0.1, -0.05) is 6.07 Å². The van der Waals surface area contributed by atoms with E-state index in [2.05, 4.69) is 4.74 Å². The molecule has 0 aliphatic heterocycles. The van der Waals surface area contributed by atoms with Gasteiger partial charge in [0, 0.05) is 6.07 Å². The van der Waals surface area contributed by atoms with Crippen LogP contribution in [0.3, 0.4) is 0 Å². The van der Waals surface area contributed by atoms with Crippen LogP contribution in [-0.2, 0) is 0 Å². The molecule has 72 valence electrons. The molecular formula is C8H5FN2O3. The molecule has 0 bridgehead atoms. The van der Waals surface area contributed by atoms with Crippen LogP contribution in [0.25, 0.3) is 0 Å². The van der Waals surface area contributed by atoms with Crippen molar-refractivity contribution >= 4 is 5.69 Å². The molecule has 0 saturated heterocycles. The Morgan fingerprint density at radius 1 is 1.64 bits per heavy atom.